The topological polar surface area (TPSA) is 56.9 Å². The molecule has 0 aliphatic heterocycles. The maximum absolute atomic E-state index is 13.1. The predicted octanol–water partition coefficient (Wildman–Crippen LogP) is 2.97. The summed E-state index contributed by atoms with van der Waals surface area (Å²) >= 11 is 0. The van der Waals surface area contributed by atoms with E-state index in [1.807, 2.05) is 6.07 Å². The van der Waals surface area contributed by atoms with E-state index in [4.69, 9.17) is 10.4 Å². The Kier molecular flexibility index (Phi) is 3.35. The van der Waals surface area contributed by atoms with E-state index in [1.54, 1.807) is 30.5 Å². The monoisotopic (exact) mass is 240 g/mol. The quantitative estimate of drug-likeness (QED) is 0.877. The van der Waals surface area contributed by atoms with Crippen LogP contribution in [0.15, 0.2) is 36.7 Å². The molecule has 0 atom stereocenters. The van der Waals surface area contributed by atoms with Crippen LogP contribution >= 0.6 is 0 Å². The zero-order valence-electron chi connectivity index (χ0n) is 9.34. The van der Waals surface area contributed by atoms with Crippen molar-refractivity contribution >= 4 is 12.2 Å². The Balaban J connectivity index is 2.30. The molecule has 0 fully saturated rings. The molecule has 0 spiro atoms. The number of phenolic OH excluding ortho intramolecular Hbond substituents is 1. The first-order valence-electron chi connectivity index (χ1n) is 5.21. The zero-order valence-corrected chi connectivity index (χ0v) is 9.34. The maximum Gasteiger partial charge on any atom is 0.165 e. The average Bonchev–Trinajstić information content (AvgIpc) is 2.40. The van der Waals surface area contributed by atoms with Crippen LogP contribution in [0.3, 0.4) is 0 Å². The fraction of sp³-hybridized carbons (Fsp3) is 0. The molecule has 0 saturated heterocycles. The Morgan fingerprint density at radius 1 is 1.28 bits per heavy atom. The van der Waals surface area contributed by atoms with Crippen molar-refractivity contribution in [1.29, 1.82) is 5.26 Å². The summed E-state index contributed by atoms with van der Waals surface area (Å²) in [5.74, 6) is -1.05. The highest BCUT2D eigenvalue weighted by molar-refractivity contribution is 5.72. The van der Waals surface area contributed by atoms with E-state index in [9.17, 15) is 4.39 Å². The lowest BCUT2D eigenvalue weighted by Gasteiger charge is -1.98. The summed E-state index contributed by atoms with van der Waals surface area (Å²) in [6.07, 6.45) is 6.42. The van der Waals surface area contributed by atoms with E-state index < -0.39 is 5.82 Å². The first-order valence-corrected chi connectivity index (χ1v) is 5.21. The molecule has 1 heterocycles. The largest absolute Gasteiger partial charge is 0.505 e. The van der Waals surface area contributed by atoms with Crippen molar-refractivity contribution in [2.24, 2.45) is 0 Å². The van der Waals surface area contributed by atoms with Crippen molar-refractivity contribution < 1.29 is 9.50 Å². The van der Waals surface area contributed by atoms with E-state index in [-0.39, 0.29) is 5.75 Å². The zero-order chi connectivity index (χ0) is 13.0. The number of pyridine rings is 1. The highest BCUT2D eigenvalue weighted by Crippen LogP contribution is 2.18. The Morgan fingerprint density at radius 3 is 2.83 bits per heavy atom. The Morgan fingerprint density at radius 2 is 2.11 bits per heavy atom. The highest BCUT2D eigenvalue weighted by atomic mass is 19.1. The number of nitriles is 1. The van der Waals surface area contributed by atoms with Gasteiger partial charge >= 0.3 is 0 Å². The molecule has 4 heteroatoms. The van der Waals surface area contributed by atoms with Gasteiger partial charge in [0.25, 0.3) is 0 Å². The molecule has 2 rings (SSSR count). The van der Waals surface area contributed by atoms with E-state index in [1.165, 1.54) is 18.3 Å². The summed E-state index contributed by atoms with van der Waals surface area (Å²) in [4.78, 5) is 3.85. The fourth-order valence-corrected chi connectivity index (χ4v) is 1.46. The number of nitrogens with zero attached hydrogens (tertiary/aromatic N) is 2. The smallest absolute Gasteiger partial charge is 0.165 e. The summed E-state index contributed by atoms with van der Waals surface area (Å²) in [6, 6.07) is 7.82. The van der Waals surface area contributed by atoms with E-state index in [0.29, 0.717) is 16.7 Å². The van der Waals surface area contributed by atoms with Crippen molar-refractivity contribution in [3.8, 4) is 11.8 Å². The summed E-state index contributed by atoms with van der Waals surface area (Å²) in [5.41, 5.74) is 1.76. The summed E-state index contributed by atoms with van der Waals surface area (Å²) in [6.45, 7) is 0. The number of phenols is 1. The van der Waals surface area contributed by atoms with Crippen LogP contribution in [-0.4, -0.2) is 10.1 Å². The summed E-state index contributed by atoms with van der Waals surface area (Å²) < 4.78 is 13.1. The Labute approximate surface area is 103 Å². The molecule has 18 heavy (non-hydrogen) atoms. The molecule has 0 bridgehead atoms. The van der Waals surface area contributed by atoms with E-state index in [2.05, 4.69) is 4.98 Å². The van der Waals surface area contributed by atoms with Gasteiger partial charge in [0.2, 0.25) is 0 Å². The molecule has 0 amide bonds. The third-order valence-electron chi connectivity index (χ3n) is 2.40. The molecular weight excluding hydrogens is 231 g/mol. The van der Waals surface area contributed by atoms with Gasteiger partial charge in [0, 0.05) is 12.4 Å². The van der Waals surface area contributed by atoms with Gasteiger partial charge in [0.1, 0.15) is 6.07 Å². The standard InChI is InChI=1S/C14H9FN2O/c15-13-7-10(2-4-14(13)18)1-3-11-5-6-17-9-12(11)8-16/h1-7,9,18H. The molecule has 1 N–H and O–H groups in total. The number of benzene rings is 1. The number of aromatic nitrogens is 1. The molecule has 0 saturated carbocycles. The van der Waals surface area contributed by atoms with Gasteiger partial charge in [-0.25, -0.2) is 4.39 Å². The van der Waals surface area contributed by atoms with Gasteiger partial charge in [-0.05, 0) is 29.3 Å². The van der Waals surface area contributed by atoms with Crippen LogP contribution < -0.4 is 0 Å². The second-order valence-corrected chi connectivity index (χ2v) is 3.62. The molecule has 0 radical (unpaired) electrons. The lowest BCUT2D eigenvalue weighted by Crippen LogP contribution is -1.83. The van der Waals surface area contributed by atoms with Gasteiger partial charge in [-0.2, -0.15) is 5.26 Å². The van der Waals surface area contributed by atoms with Crippen molar-refractivity contribution in [2.75, 3.05) is 0 Å². The predicted molar refractivity (Wildman–Crippen MR) is 65.9 cm³/mol. The second kappa shape index (κ2) is 5.11. The molecule has 0 unspecified atom stereocenters. The highest BCUT2D eigenvalue weighted by Gasteiger charge is 2.00. The van der Waals surface area contributed by atoms with Crippen molar-refractivity contribution in [3.63, 3.8) is 0 Å². The van der Waals surface area contributed by atoms with E-state index >= 15 is 0 Å². The summed E-state index contributed by atoms with van der Waals surface area (Å²) in [5, 5.41) is 17.9. The fourth-order valence-electron chi connectivity index (χ4n) is 1.46. The minimum atomic E-state index is -0.674. The second-order valence-electron chi connectivity index (χ2n) is 3.62. The van der Waals surface area contributed by atoms with E-state index in [0.717, 1.165) is 0 Å². The number of hydrogen-bond acceptors (Lipinski definition) is 3. The van der Waals surface area contributed by atoms with Gasteiger partial charge in [0.05, 0.1) is 5.56 Å². The minimum absolute atomic E-state index is 0.381. The van der Waals surface area contributed by atoms with Gasteiger partial charge < -0.3 is 5.11 Å². The van der Waals surface area contributed by atoms with Crippen LogP contribution in [-0.2, 0) is 0 Å². The van der Waals surface area contributed by atoms with Crippen LogP contribution in [0, 0.1) is 17.1 Å². The van der Waals surface area contributed by atoms with Crippen LogP contribution in [0.4, 0.5) is 4.39 Å². The molecule has 1 aromatic carbocycles. The lowest BCUT2D eigenvalue weighted by molar-refractivity contribution is 0.432. The minimum Gasteiger partial charge on any atom is -0.505 e. The number of hydrogen-bond donors (Lipinski definition) is 1. The average molecular weight is 240 g/mol. The molecule has 0 aliphatic carbocycles. The van der Waals surface area contributed by atoms with Crippen LogP contribution in [0.25, 0.3) is 12.2 Å². The van der Waals surface area contributed by atoms with Crippen molar-refractivity contribution in [2.45, 2.75) is 0 Å². The number of halogens is 1. The number of aromatic hydroxyl groups is 1. The van der Waals surface area contributed by atoms with Crippen LogP contribution in [0.2, 0.25) is 0 Å². The molecule has 3 nitrogen and oxygen atoms in total. The van der Waals surface area contributed by atoms with Gasteiger partial charge in [0.15, 0.2) is 11.6 Å². The normalized spacial score (nSPS) is 10.4. The van der Waals surface area contributed by atoms with Crippen LogP contribution in [0.5, 0.6) is 5.75 Å². The molecule has 88 valence electrons. The molecule has 0 aliphatic rings. The Bertz CT molecular complexity index is 644. The van der Waals surface area contributed by atoms with Crippen LogP contribution in [0.1, 0.15) is 16.7 Å². The third-order valence-corrected chi connectivity index (χ3v) is 2.40. The third kappa shape index (κ3) is 2.53. The lowest BCUT2D eigenvalue weighted by atomic mass is 10.1. The molecule has 1 aromatic heterocycles. The van der Waals surface area contributed by atoms with Crippen molar-refractivity contribution in [1.82, 2.24) is 4.98 Å². The van der Waals surface area contributed by atoms with Crippen molar-refractivity contribution in [3.05, 3.63) is 59.2 Å². The first kappa shape index (κ1) is 11.8. The number of rotatable bonds is 2. The van der Waals surface area contributed by atoms with Gasteiger partial charge in [-0.15, -0.1) is 0 Å². The molecular formula is C14H9FN2O. The van der Waals surface area contributed by atoms with Gasteiger partial charge in [-0.3, -0.25) is 4.98 Å². The Hall–Kier alpha value is -2.67. The molecule has 2 aromatic rings. The summed E-state index contributed by atoms with van der Waals surface area (Å²) in [7, 11) is 0. The SMILES string of the molecule is N#Cc1cnccc1C=Cc1ccc(O)c(F)c1. The van der Waals surface area contributed by atoms with Gasteiger partial charge in [-0.1, -0.05) is 18.2 Å². The maximum atomic E-state index is 13.1. The first-order chi connectivity index (χ1) is 8.70.